The Morgan fingerprint density at radius 1 is 1.12 bits per heavy atom. The summed E-state index contributed by atoms with van der Waals surface area (Å²) in [5, 5.41) is 32.2. The van der Waals surface area contributed by atoms with Crippen molar-refractivity contribution < 1.29 is 33.7 Å². The summed E-state index contributed by atoms with van der Waals surface area (Å²) < 4.78 is 24.8. The summed E-state index contributed by atoms with van der Waals surface area (Å²) in [5.74, 6) is -3.96. The second-order valence-corrected chi connectivity index (χ2v) is 13.5. The number of nitroso groups, excluding NO2 is 1. The number of ether oxygens (including phenoxy) is 1. The quantitative estimate of drug-likeness (QED) is 0.195. The molecule has 5 heterocycles. The van der Waals surface area contributed by atoms with E-state index in [0.29, 0.717) is 41.9 Å². The van der Waals surface area contributed by atoms with Gasteiger partial charge in [-0.2, -0.15) is 0 Å². The number of halogens is 1. The Kier molecular flexibility index (Phi) is 7.68. The first kappa shape index (κ1) is 31.7. The number of piperidine rings is 1. The molecule has 1 saturated carbocycles. The van der Waals surface area contributed by atoms with Crippen LogP contribution in [0.25, 0.3) is 10.9 Å². The SMILES string of the molecule is COc1c(N2C[C@H]3CCCN(C(=O)Cn4cc(Cn5c(O)c(N=O)c6ccccc65)nn4)[C@H]3C2)c(F)cc2c1N(C1CC1)CC(C(=O)O)C2=O. The van der Waals surface area contributed by atoms with Gasteiger partial charge in [0.05, 0.1) is 37.1 Å². The third kappa shape index (κ3) is 5.11. The largest absolute Gasteiger partial charge is 0.493 e. The summed E-state index contributed by atoms with van der Waals surface area (Å²) >= 11 is 0. The zero-order valence-corrected chi connectivity index (χ0v) is 27.2. The summed E-state index contributed by atoms with van der Waals surface area (Å²) in [7, 11) is 1.43. The number of carboxylic acids is 1. The number of carbonyl (C=O) groups excluding carboxylic acids is 2. The van der Waals surface area contributed by atoms with Gasteiger partial charge >= 0.3 is 5.97 Å². The van der Waals surface area contributed by atoms with Gasteiger partial charge in [-0.1, -0.05) is 23.4 Å². The van der Waals surface area contributed by atoms with Gasteiger partial charge in [-0.15, -0.1) is 10.0 Å². The lowest BCUT2D eigenvalue weighted by molar-refractivity contribution is -0.140. The van der Waals surface area contributed by atoms with Gasteiger partial charge in [0, 0.05) is 43.2 Å². The van der Waals surface area contributed by atoms with Crippen LogP contribution in [0, 0.1) is 22.6 Å². The fourth-order valence-corrected chi connectivity index (χ4v) is 8.11. The number of aromatic nitrogens is 4. The van der Waals surface area contributed by atoms with E-state index in [0.717, 1.165) is 31.7 Å². The molecule has 50 heavy (non-hydrogen) atoms. The highest BCUT2D eigenvalue weighted by atomic mass is 19.1. The summed E-state index contributed by atoms with van der Waals surface area (Å²) in [6, 6.07) is 8.01. The molecule has 1 unspecified atom stereocenters. The predicted octanol–water partition coefficient (Wildman–Crippen LogP) is 3.53. The highest BCUT2D eigenvalue weighted by Crippen LogP contribution is 2.50. The lowest BCUT2D eigenvalue weighted by atomic mass is 9.89. The number of amides is 1. The molecule has 3 fully saturated rings. The number of para-hydroxylation sites is 1. The van der Waals surface area contributed by atoms with Gasteiger partial charge in [-0.25, -0.2) is 9.07 Å². The van der Waals surface area contributed by atoms with E-state index in [9.17, 15) is 29.5 Å². The number of hydrogen-bond acceptors (Lipinski definition) is 11. The van der Waals surface area contributed by atoms with E-state index >= 15 is 4.39 Å². The molecule has 3 atom stereocenters. The van der Waals surface area contributed by atoms with Crippen molar-refractivity contribution in [2.24, 2.45) is 17.0 Å². The van der Waals surface area contributed by atoms with Crippen molar-refractivity contribution in [3.8, 4) is 11.6 Å². The van der Waals surface area contributed by atoms with Crippen molar-refractivity contribution in [1.82, 2.24) is 24.5 Å². The molecule has 4 aromatic rings. The summed E-state index contributed by atoms with van der Waals surface area (Å²) in [4.78, 5) is 55.9. The normalized spacial score (nSPS) is 21.8. The van der Waals surface area contributed by atoms with E-state index in [4.69, 9.17) is 4.74 Å². The van der Waals surface area contributed by atoms with Crippen LogP contribution >= 0.6 is 0 Å². The topological polar surface area (TPSA) is 176 Å². The first-order chi connectivity index (χ1) is 24.2. The van der Waals surface area contributed by atoms with E-state index < -0.39 is 23.5 Å². The minimum absolute atomic E-state index is 0.00493. The maximum absolute atomic E-state index is 16.1. The van der Waals surface area contributed by atoms with Crippen LogP contribution in [-0.2, 0) is 22.7 Å². The molecule has 4 aliphatic rings. The van der Waals surface area contributed by atoms with Gasteiger partial charge in [-0.3, -0.25) is 14.4 Å². The first-order valence-corrected chi connectivity index (χ1v) is 16.7. The number of aromatic hydroxyl groups is 1. The van der Waals surface area contributed by atoms with Gasteiger partial charge in [0.15, 0.2) is 23.0 Å². The number of anilines is 2. The molecule has 2 N–H and O–H groups in total. The van der Waals surface area contributed by atoms with Crippen molar-refractivity contribution in [3.05, 3.63) is 58.5 Å². The zero-order chi connectivity index (χ0) is 34.8. The molecule has 8 rings (SSSR count). The lowest BCUT2D eigenvalue weighted by Crippen LogP contribution is -2.49. The number of benzene rings is 2. The smallest absolute Gasteiger partial charge is 0.316 e. The molecule has 1 aliphatic carbocycles. The maximum atomic E-state index is 16.1. The summed E-state index contributed by atoms with van der Waals surface area (Å²) in [6.07, 6.45) is 4.95. The molecule has 15 nitrogen and oxygen atoms in total. The van der Waals surface area contributed by atoms with Crippen molar-refractivity contribution >= 4 is 45.6 Å². The van der Waals surface area contributed by atoms with E-state index in [-0.39, 0.29) is 72.1 Å². The van der Waals surface area contributed by atoms with E-state index in [2.05, 4.69) is 15.5 Å². The highest BCUT2D eigenvalue weighted by Gasteiger charge is 2.47. The van der Waals surface area contributed by atoms with Crippen LogP contribution < -0.4 is 14.5 Å². The van der Waals surface area contributed by atoms with Gasteiger partial charge < -0.3 is 34.2 Å². The highest BCUT2D eigenvalue weighted by molar-refractivity contribution is 6.14. The van der Waals surface area contributed by atoms with E-state index in [1.807, 2.05) is 14.7 Å². The molecular formula is C34H35FN8O7. The van der Waals surface area contributed by atoms with Crippen molar-refractivity contribution in [2.45, 2.75) is 50.9 Å². The predicted molar refractivity (Wildman–Crippen MR) is 177 cm³/mol. The lowest BCUT2D eigenvalue weighted by Gasteiger charge is -2.37. The number of aliphatic carboxylic acids is 1. The van der Waals surface area contributed by atoms with Crippen molar-refractivity contribution in [1.29, 1.82) is 0 Å². The summed E-state index contributed by atoms with van der Waals surface area (Å²) in [5.41, 5.74) is 1.71. The van der Waals surface area contributed by atoms with Crippen LogP contribution in [-0.4, -0.2) is 97.7 Å². The molecule has 0 bridgehead atoms. The Bertz CT molecular complexity index is 2060. The van der Waals surface area contributed by atoms with Crippen LogP contribution in [0.2, 0.25) is 0 Å². The number of carbonyl (C=O) groups is 3. The van der Waals surface area contributed by atoms with Gasteiger partial charge in [0.25, 0.3) is 0 Å². The standard InChI is InChI=1S/C34H35FN8O7/c1-50-32-29-22(31(45)23(34(47)48)15-42(29)20-8-9-20)11-24(35)30(32)39-12-18-5-4-10-41(26(18)16-39)27(44)17-40-13-19(36-38-40)14-43-25-7-3-2-6-21(25)28(37-49)33(43)46/h2-3,6-7,11,13,18,20,23,26,46H,4-5,8-10,12,14-17H2,1H3,(H,47,48)/t18-,23?,26+/m1/s1. The fourth-order valence-electron chi connectivity index (χ4n) is 8.11. The van der Waals surface area contributed by atoms with E-state index in [1.165, 1.54) is 16.4 Å². The Hall–Kier alpha value is -5.54. The van der Waals surface area contributed by atoms with Crippen LogP contribution in [0.3, 0.4) is 0 Å². The number of carboxylic acid groups (broad SMARTS) is 1. The van der Waals surface area contributed by atoms with Crippen LogP contribution in [0.1, 0.15) is 41.7 Å². The fraction of sp³-hybridized carbons (Fsp3) is 0.441. The number of methoxy groups -OCH3 is 1. The molecule has 1 amide bonds. The number of nitrogens with zero attached hydrogens (tertiary/aromatic N) is 8. The monoisotopic (exact) mass is 686 g/mol. The number of ketones is 1. The van der Waals surface area contributed by atoms with Crippen LogP contribution in [0.15, 0.2) is 41.7 Å². The third-order valence-corrected chi connectivity index (χ3v) is 10.6. The zero-order valence-electron chi connectivity index (χ0n) is 27.2. The Morgan fingerprint density at radius 2 is 1.92 bits per heavy atom. The van der Waals surface area contributed by atoms with Gasteiger partial charge in [0.2, 0.25) is 11.8 Å². The summed E-state index contributed by atoms with van der Waals surface area (Å²) in [6.45, 7) is 1.40. The number of likely N-dealkylation sites (tertiary alicyclic amines) is 1. The molecule has 3 aliphatic heterocycles. The first-order valence-electron chi connectivity index (χ1n) is 16.7. The van der Waals surface area contributed by atoms with E-state index in [1.54, 1.807) is 30.5 Å². The van der Waals surface area contributed by atoms with Crippen molar-refractivity contribution in [2.75, 3.05) is 43.1 Å². The van der Waals surface area contributed by atoms with Crippen molar-refractivity contribution in [3.63, 3.8) is 0 Å². The number of fused-ring (bicyclic) bond motifs is 3. The molecule has 260 valence electrons. The Balaban J connectivity index is 1.02. The molecular weight excluding hydrogens is 651 g/mol. The Morgan fingerprint density at radius 3 is 2.66 bits per heavy atom. The number of Topliss-reactive ketones (excluding diaryl/α,β-unsaturated/α-hetero) is 1. The third-order valence-electron chi connectivity index (χ3n) is 10.6. The average Bonchev–Trinajstić information content (AvgIpc) is 3.60. The molecule has 2 aromatic carbocycles. The molecule has 0 radical (unpaired) electrons. The average molecular weight is 687 g/mol. The molecule has 0 spiro atoms. The van der Waals surface area contributed by atoms with Crippen LogP contribution in [0.5, 0.6) is 11.6 Å². The second kappa shape index (κ2) is 12.1. The molecule has 16 heteroatoms. The molecule has 2 aromatic heterocycles. The minimum Gasteiger partial charge on any atom is -0.493 e. The van der Waals surface area contributed by atoms with Gasteiger partial charge in [0.1, 0.15) is 23.8 Å². The second-order valence-electron chi connectivity index (χ2n) is 13.5. The Labute approximate surface area is 284 Å². The minimum atomic E-state index is -1.28. The van der Waals surface area contributed by atoms with Gasteiger partial charge in [-0.05, 0) is 48.9 Å². The molecule has 2 saturated heterocycles. The maximum Gasteiger partial charge on any atom is 0.316 e. The van der Waals surface area contributed by atoms with Crippen LogP contribution in [0.4, 0.5) is 21.5 Å². The number of rotatable bonds is 9. The number of hydrogen-bond donors (Lipinski definition) is 2.